The Morgan fingerprint density at radius 1 is 1.23 bits per heavy atom. The standard InChI is InChI=1S/C27H25F2N7O3S/c1-4-14-9-15(14)24-33-34-26(40-24)32-23(37)18-12-31-21(36-8-7-35(2)27(5-6-27)25(36)38)11-16(18)17-10-19(22(28)29)30-13-20(17)39-3/h1,10-15,22H,5-9H2,2-3H3,(H,32,34,37)/t14-,15?/m0/s1. The van der Waals surface area contributed by atoms with Crippen molar-refractivity contribution in [3.63, 3.8) is 0 Å². The molecule has 3 aromatic heterocycles. The van der Waals surface area contributed by atoms with Crippen molar-refractivity contribution >= 4 is 34.1 Å². The first kappa shape index (κ1) is 26.2. The number of aromatic nitrogens is 4. The van der Waals surface area contributed by atoms with Crippen LogP contribution < -0.4 is 15.0 Å². The molecule has 10 nitrogen and oxygen atoms in total. The molecular formula is C27H25F2N7O3S. The van der Waals surface area contributed by atoms with Crippen LogP contribution in [0.5, 0.6) is 5.75 Å². The molecule has 3 fully saturated rings. The molecule has 1 unspecified atom stereocenters. The number of anilines is 2. The van der Waals surface area contributed by atoms with Gasteiger partial charge in [0.2, 0.25) is 11.0 Å². The highest BCUT2D eigenvalue weighted by Crippen LogP contribution is 2.48. The van der Waals surface area contributed by atoms with Crippen molar-refractivity contribution in [1.29, 1.82) is 0 Å². The number of carbonyl (C=O) groups excluding carboxylic acids is 2. The molecule has 2 saturated carbocycles. The summed E-state index contributed by atoms with van der Waals surface area (Å²) in [5.41, 5.74) is -0.449. The average molecular weight is 566 g/mol. The van der Waals surface area contributed by atoms with Crippen LogP contribution in [0.25, 0.3) is 11.1 Å². The van der Waals surface area contributed by atoms with Crippen LogP contribution in [-0.2, 0) is 4.79 Å². The topological polar surface area (TPSA) is 113 Å². The number of halogens is 2. The minimum Gasteiger partial charge on any atom is -0.494 e. The molecule has 13 heteroatoms. The normalized spacial score (nSPS) is 21.4. The molecule has 2 aliphatic carbocycles. The van der Waals surface area contributed by atoms with Crippen molar-refractivity contribution in [3.8, 4) is 29.2 Å². The molecule has 0 aromatic carbocycles. The van der Waals surface area contributed by atoms with Crippen LogP contribution in [0.2, 0.25) is 0 Å². The van der Waals surface area contributed by atoms with Gasteiger partial charge in [0.15, 0.2) is 0 Å². The van der Waals surface area contributed by atoms with Crippen molar-refractivity contribution in [1.82, 2.24) is 25.1 Å². The van der Waals surface area contributed by atoms with Crippen LogP contribution in [0.3, 0.4) is 0 Å². The van der Waals surface area contributed by atoms with Gasteiger partial charge >= 0.3 is 0 Å². The maximum absolute atomic E-state index is 13.6. The third-order valence-electron chi connectivity index (χ3n) is 7.77. The number of nitrogens with zero attached hydrogens (tertiary/aromatic N) is 6. The number of amides is 2. The Morgan fingerprint density at radius 2 is 2.02 bits per heavy atom. The lowest BCUT2D eigenvalue weighted by atomic mass is 9.99. The molecule has 40 heavy (non-hydrogen) atoms. The first-order chi connectivity index (χ1) is 19.3. The number of nitrogens with one attached hydrogen (secondary N) is 1. The molecule has 1 aliphatic heterocycles. The zero-order valence-corrected chi connectivity index (χ0v) is 22.5. The molecule has 2 atom stereocenters. The van der Waals surface area contributed by atoms with Gasteiger partial charge < -0.3 is 4.74 Å². The second-order valence-corrected chi connectivity index (χ2v) is 11.1. The van der Waals surface area contributed by atoms with E-state index in [1.54, 1.807) is 11.0 Å². The second-order valence-electron chi connectivity index (χ2n) is 10.1. The second kappa shape index (κ2) is 9.87. The highest BCUT2D eigenvalue weighted by molar-refractivity contribution is 7.15. The Kier molecular flexibility index (Phi) is 6.47. The Morgan fingerprint density at radius 3 is 2.70 bits per heavy atom. The summed E-state index contributed by atoms with van der Waals surface area (Å²) in [5, 5.41) is 12.0. The van der Waals surface area contributed by atoms with Crippen LogP contribution in [-0.4, -0.2) is 69.7 Å². The van der Waals surface area contributed by atoms with E-state index in [2.05, 4.69) is 36.3 Å². The van der Waals surface area contributed by atoms with Crippen LogP contribution in [0.4, 0.5) is 19.7 Å². The number of rotatable bonds is 7. The summed E-state index contributed by atoms with van der Waals surface area (Å²) in [4.78, 5) is 38.8. The molecule has 1 saturated heterocycles. The van der Waals surface area contributed by atoms with Gasteiger partial charge in [0.05, 0.1) is 18.9 Å². The number of methoxy groups -OCH3 is 1. The lowest BCUT2D eigenvalue weighted by Gasteiger charge is -2.38. The minimum atomic E-state index is -2.84. The number of hydrogen-bond donors (Lipinski definition) is 1. The van der Waals surface area contributed by atoms with Gasteiger partial charge in [-0.05, 0) is 38.4 Å². The smallest absolute Gasteiger partial charge is 0.280 e. The maximum Gasteiger partial charge on any atom is 0.280 e. The molecule has 206 valence electrons. The quantitative estimate of drug-likeness (QED) is 0.431. The van der Waals surface area contributed by atoms with Gasteiger partial charge in [-0.15, -0.1) is 22.5 Å². The SMILES string of the molecule is C#C[C@H]1CC1c1nnc(NC(=O)c2cnc(N3CCN(C)C4(CC4)C3=O)cc2-c2cc(C(F)F)ncc2OC)s1. The maximum atomic E-state index is 13.6. The van der Waals surface area contributed by atoms with E-state index < -0.39 is 23.6 Å². The van der Waals surface area contributed by atoms with E-state index in [9.17, 15) is 18.4 Å². The molecule has 3 aromatic rings. The predicted molar refractivity (Wildman–Crippen MR) is 143 cm³/mol. The van der Waals surface area contributed by atoms with E-state index in [4.69, 9.17) is 11.2 Å². The third kappa shape index (κ3) is 4.47. The zero-order valence-electron chi connectivity index (χ0n) is 21.7. The monoisotopic (exact) mass is 565 g/mol. The van der Waals surface area contributed by atoms with E-state index >= 15 is 0 Å². The molecular weight excluding hydrogens is 540 g/mol. The lowest BCUT2D eigenvalue weighted by Crippen LogP contribution is -2.57. The number of ether oxygens (including phenoxy) is 1. The van der Waals surface area contributed by atoms with E-state index in [-0.39, 0.29) is 45.3 Å². The fourth-order valence-electron chi connectivity index (χ4n) is 5.11. The number of piperazine rings is 1. The van der Waals surface area contributed by atoms with Crippen molar-refractivity contribution in [2.75, 3.05) is 37.5 Å². The van der Waals surface area contributed by atoms with Crippen LogP contribution in [0, 0.1) is 18.3 Å². The van der Waals surface area contributed by atoms with E-state index in [1.807, 2.05) is 7.05 Å². The number of terminal acetylenes is 1. The van der Waals surface area contributed by atoms with Crippen molar-refractivity contribution in [2.24, 2.45) is 5.92 Å². The predicted octanol–water partition coefficient (Wildman–Crippen LogP) is 3.74. The van der Waals surface area contributed by atoms with E-state index in [0.29, 0.717) is 18.9 Å². The summed E-state index contributed by atoms with van der Waals surface area (Å²) in [5.74, 6) is 2.82. The fourth-order valence-corrected chi connectivity index (χ4v) is 6.03. The lowest BCUT2D eigenvalue weighted by molar-refractivity contribution is -0.126. The van der Waals surface area contributed by atoms with Crippen LogP contribution in [0.15, 0.2) is 24.5 Å². The molecule has 0 bridgehead atoms. The number of pyridine rings is 2. The third-order valence-corrected chi connectivity index (χ3v) is 8.74. The fraction of sp³-hybridized carbons (Fsp3) is 0.407. The number of carbonyl (C=O) groups is 2. The summed E-state index contributed by atoms with van der Waals surface area (Å²) in [6.07, 6.45) is 7.52. The Labute approximate surface area is 232 Å². The highest BCUT2D eigenvalue weighted by atomic mass is 32.1. The van der Waals surface area contributed by atoms with Gasteiger partial charge in [0.25, 0.3) is 12.3 Å². The molecule has 2 amide bonds. The van der Waals surface area contributed by atoms with Crippen molar-refractivity contribution < 1.29 is 23.1 Å². The molecule has 0 radical (unpaired) electrons. The molecule has 1 N–H and O–H groups in total. The van der Waals surface area contributed by atoms with Gasteiger partial charge in [-0.3, -0.25) is 29.7 Å². The summed E-state index contributed by atoms with van der Waals surface area (Å²) in [6.45, 7) is 1.05. The van der Waals surface area contributed by atoms with Gasteiger partial charge in [-0.1, -0.05) is 11.3 Å². The Bertz CT molecular complexity index is 1550. The van der Waals surface area contributed by atoms with Gasteiger partial charge in [0.1, 0.15) is 27.8 Å². The van der Waals surface area contributed by atoms with Crippen LogP contribution >= 0.6 is 11.3 Å². The molecule has 3 aliphatic rings. The summed E-state index contributed by atoms with van der Waals surface area (Å²) < 4.78 is 32.7. The van der Waals surface area contributed by atoms with Gasteiger partial charge in [-0.2, -0.15) is 0 Å². The minimum absolute atomic E-state index is 0.0707. The highest BCUT2D eigenvalue weighted by Gasteiger charge is 2.57. The first-order valence-electron chi connectivity index (χ1n) is 12.7. The van der Waals surface area contributed by atoms with E-state index in [1.165, 1.54) is 36.9 Å². The average Bonchev–Trinajstić information content (AvgIpc) is 3.88. The Balaban J connectivity index is 1.39. The van der Waals surface area contributed by atoms with Crippen molar-refractivity contribution in [3.05, 3.63) is 40.8 Å². The first-order valence-corrected chi connectivity index (χ1v) is 13.5. The largest absolute Gasteiger partial charge is 0.494 e. The summed E-state index contributed by atoms with van der Waals surface area (Å²) in [6, 6.07) is 2.75. The molecule has 6 rings (SSSR count). The number of alkyl halides is 2. The summed E-state index contributed by atoms with van der Waals surface area (Å²) in [7, 11) is 3.31. The molecule has 1 spiro atoms. The van der Waals surface area contributed by atoms with Crippen molar-refractivity contribution in [2.45, 2.75) is 37.1 Å². The Hall–Kier alpha value is -4.02. The van der Waals surface area contributed by atoms with Crippen LogP contribution in [0.1, 0.15) is 52.7 Å². The number of hydrogen-bond acceptors (Lipinski definition) is 9. The van der Waals surface area contributed by atoms with Gasteiger partial charge in [0, 0.05) is 42.2 Å². The van der Waals surface area contributed by atoms with Gasteiger partial charge in [-0.25, -0.2) is 13.8 Å². The molecule has 4 heterocycles. The summed E-state index contributed by atoms with van der Waals surface area (Å²) >= 11 is 1.23. The number of likely N-dealkylation sites (N-methyl/N-ethyl adjacent to an activating group) is 1. The van der Waals surface area contributed by atoms with E-state index in [0.717, 1.165) is 24.3 Å². The zero-order chi connectivity index (χ0) is 28.2.